The Hall–Kier alpha value is -2.53. The first-order chi connectivity index (χ1) is 10.1. The van der Waals surface area contributed by atoms with E-state index in [0.717, 1.165) is 0 Å². The Morgan fingerprint density at radius 2 is 2.10 bits per heavy atom. The first-order valence-electron chi connectivity index (χ1n) is 6.26. The highest BCUT2D eigenvalue weighted by Crippen LogP contribution is 2.15. The molecule has 5 nitrogen and oxygen atoms in total. The molecular formula is C15H10ClN3O2. The summed E-state index contributed by atoms with van der Waals surface area (Å²) in [6, 6.07) is 10.1. The van der Waals surface area contributed by atoms with E-state index in [9.17, 15) is 9.59 Å². The summed E-state index contributed by atoms with van der Waals surface area (Å²) in [5.41, 5.74) is 1.22. The molecule has 1 aromatic carbocycles. The van der Waals surface area contributed by atoms with Crippen LogP contribution in [0.2, 0.25) is 5.02 Å². The number of carbonyl (C=O) groups excluding carboxylic acids is 1. The number of nitrogens with zero attached hydrogens (tertiary/aromatic N) is 2. The first-order valence-corrected chi connectivity index (χ1v) is 6.64. The summed E-state index contributed by atoms with van der Waals surface area (Å²) in [5.74, 6) is -0.248. The second-order valence-electron chi connectivity index (χ2n) is 4.49. The zero-order chi connectivity index (χ0) is 14.8. The Bertz CT molecular complexity index is 875. The largest absolute Gasteiger partial charge is 0.319 e. The lowest BCUT2D eigenvalue weighted by molar-refractivity contribution is 0.0987. The summed E-state index contributed by atoms with van der Waals surface area (Å²) in [6.07, 6.45) is 1.44. The van der Waals surface area contributed by atoms with Gasteiger partial charge in [-0.3, -0.25) is 14.6 Å². The lowest BCUT2D eigenvalue weighted by Crippen LogP contribution is -2.19. The number of benzene rings is 1. The predicted octanol–water partition coefficient (Wildman–Crippen LogP) is 2.40. The molecular weight excluding hydrogens is 290 g/mol. The molecule has 0 aliphatic carbocycles. The standard InChI is InChI=1S/C15H10ClN3O2/c16-9-4-5-10-12(7-9)19-15(21)13(18-10)8-14(20)11-3-1-2-6-17-11/h1-7H,8H2,(H,19,21). The SMILES string of the molecule is O=C(Cc1nc2ccc(Cl)cc2[nH]c1=O)c1ccccn1. The average Bonchev–Trinajstić information content (AvgIpc) is 2.49. The van der Waals surface area contributed by atoms with E-state index in [-0.39, 0.29) is 17.9 Å². The maximum Gasteiger partial charge on any atom is 0.270 e. The van der Waals surface area contributed by atoms with Gasteiger partial charge in [0.2, 0.25) is 0 Å². The fourth-order valence-electron chi connectivity index (χ4n) is 1.99. The van der Waals surface area contributed by atoms with Crippen molar-refractivity contribution in [1.82, 2.24) is 15.0 Å². The Morgan fingerprint density at radius 1 is 1.24 bits per heavy atom. The number of rotatable bonds is 3. The number of ketones is 1. The lowest BCUT2D eigenvalue weighted by Gasteiger charge is -2.02. The summed E-state index contributed by atoms with van der Waals surface area (Å²) in [7, 11) is 0. The monoisotopic (exact) mass is 299 g/mol. The lowest BCUT2D eigenvalue weighted by atomic mass is 10.1. The van der Waals surface area contributed by atoms with Crippen molar-refractivity contribution in [2.45, 2.75) is 6.42 Å². The van der Waals surface area contributed by atoms with E-state index in [0.29, 0.717) is 21.7 Å². The molecule has 6 heteroatoms. The minimum absolute atomic E-state index is 0.0923. The average molecular weight is 300 g/mol. The highest BCUT2D eigenvalue weighted by atomic mass is 35.5. The summed E-state index contributed by atoms with van der Waals surface area (Å²) < 4.78 is 0. The molecule has 0 aliphatic heterocycles. The van der Waals surface area contributed by atoms with Crippen molar-refractivity contribution in [3.63, 3.8) is 0 Å². The second kappa shape index (κ2) is 5.46. The fourth-order valence-corrected chi connectivity index (χ4v) is 2.16. The van der Waals surface area contributed by atoms with Crippen LogP contribution in [-0.4, -0.2) is 20.7 Å². The molecule has 0 aliphatic rings. The molecule has 0 radical (unpaired) electrons. The van der Waals surface area contributed by atoms with Crippen molar-refractivity contribution in [2.75, 3.05) is 0 Å². The van der Waals surface area contributed by atoms with Crippen LogP contribution in [0.4, 0.5) is 0 Å². The quantitative estimate of drug-likeness (QED) is 0.754. The third-order valence-electron chi connectivity index (χ3n) is 3.00. The first kappa shape index (κ1) is 13.5. The van der Waals surface area contributed by atoms with Gasteiger partial charge in [0.1, 0.15) is 11.4 Å². The van der Waals surface area contributed by atoms with Crippen molar-refractivity contribution < 1.29 is 4.79 Å². The molecule has 0 bridgehead atoms. The van der Waals surface area contributed by atoms with E-state index < -0.39 is 5.56 Å². The predicted molar refractivity (Wildman–Crippen MR) is 79.6 cm³/mol. The number of pyridine rings is 1. The molecule has 1 N–H and O–H groups in total. The summed E-state index contributed by atoms with van der Waals surface area (Å²) in [6.45, 7) is 0. The third-order valence-corrected chi connectivity index (χ3v) is 3.24. The molecule has 3 aromatic rings. The van der Waals surface area contributed by atoms with E-state index in [2.05, 4.69) is 15.0 Å². The molecule has 3 rings (SSSR count). The van der Waals surface area contributed by atoms with Gasteiger partial charge < -0.3 is 4.98 Å². The Kier molecular flexibility index (Phi) is 3.50. The number of aromatic amines is 1. The van der Waals surface area contributed by atoms with Crippen LogP contribution in [0.25, 0.3) is 11.0 Å². The summed E-state index contributed by atoms with van der Waals surface area (Å²) in [4.78, 5) is 34.9. The molecule has 104 valence electrons. The van der Waals surface area contributed by atoms with Crippen molar-refractivity contribution in [2.24, 2.45) is 0 Å². The van der Waals surface area contributed by atoms with Crippen molar-refractivity contribution >= 4 is 28.4 Å². The topological polar surface area (TPSA) is 75.7 Å². The number of hydrogen-bond donors (Lipinski definition) is 1. The number of aromatic nitrogens is 3. The smallest absolute Gasteiger partial charge is 0.270 e. The van der Waals surface area contributed by atoms with Crippen LogP contribution in [0.1, 0.15) is 16.2 Å². The Balaban J connectivity index is 1.98. The van der Waals surface area contributed by atoms with Crippen LogP contribution in [-0.2, 0) is 6.42 Å². The second-order valence-corrected chi connectivity index (χ2v) is 4.93. The van der Waals surface area contributed by atoms with Crippen LogP contribution in [0.5, 0.6) is 0 Å². The molecule has 0 spiro atoms. The highest BCUT2D eigenvalue weighted by Gasteiger charge is 2.13. The number of fused-ring (bicyclic) bond motifs is 1. The van der Waals surface area contributed by atoms with Gasteiger partial charge in [-0.1, -0.05) is 17.7 Å². The van der Waals surface area contributed by atoms with Gasteiger partial charge in [0.15, 0.2) is 5.78 Å². The molecule has 0 saturated heterocycles. The minimum atomic E-state index is -0.394. The molecule has 0 saturated carbocycles. The van der Waals surface area contributed by atoms with Crippen molar-refractivity contribution in [1.29, 1.82) is 0 Å². The van der Waals surface area contributed by atoms with Crippen LogP contribution < -0.4 is 5.56 Å². The highest BCUT2D eigenvalue weighted by molar-refractivity contribution is 6.31. The number of H-pyrrole nitrogens is 1. The van der Waals surface area contributed by atoms with Crippen LogP contribution in [0.3, 0.4) is 0 Å². The number of Topliss-reactive ketones (excluding diaryl/α,β-unsaturated/α-hetero) is 1. The van der Waals surface area contributed by atoms with E-state index in [4.69, 9.17) is 11.6 Å². The fraction of sp³-hybridized carbons (Fsp3) is 0.0667. The van der Waals surface area contributed by atoms with E-state index >= 15 is 0 Å². The van der Waals surface area contributed by atoms with Gasteiger partial charge >= 0.3 is 0 Å². The van der Waals surface area contributed by atoms with Gasteiger partial charge in [0.05, 0.1) is 17.5 Å². The molecule has 0 fully saturated rings. The van der Waals surface area contributed by atoms with E-state index in [1.165, 1.54) is 6.20 Å². The molecule has 0 atom stereocenters. The van der Waals surface area contributed by atoms with E-state index in [1.54, 1.807) is 36.4 Å². The van der Waals surface area contributed by atoms with Gasteiger partial charge in [-0.25, -0.2) is 4.98 Å². The molecule has 0 amide bonds. The van der Waals surface area contributed by atoms with Crippen LogP contribution in [0.15, 0.2) is 47.4 Å². The normalized spacial score (nSPS) is 10.7. The van der Waals surface area contributed by atoms with Gasteiger partial charge in [0, 0.05) is 11.2 Å². The number of carbonyl (C=O) groups is 1. The zero-order valence-electron chi connectivity index (χ0n) is 10.8. The van der Waals surface area contributed by atoms with Gasteiger partial charge in [-0.05, 0) is 30.3 Å². The number of hydrogen-bond acceptors (Lipinski definition) is 4. The van der Waals surface area contributed by atoms with Gasteiger partial charge in [0.25, 0.3) is 5.56 Å². The summed E-state index contributed by atoms with van der Waals surface area (Å²) in [5, 5.41) is 0.511. The summed E-state index contributed by atoms with van der Waals surface area (Å²) >= 11 is 5.86. The van der Waals surface area contributed by atoms with Gasteiger partial charge in [-0.2, -0.15) is 0 Å². The minimum Gasteiger partial charge on any atom is -0.319 e. The van der Waals surface area contributed by atoms with Gasteiger partial charge in [-0.15, -0.1) is 0 Å². The molecule has 21 heavy (non-hydrogen) atoms. The van der Waals surface area contributed by atoms with E-state index in [1.807, 2.05) is 0 Å². The Morgan fingerprint density at radius 3 is 2.86 bits per heavy atom. The maximum atomic E-state index is 12.1. The number of halogens is 1. The zero-order valence-corrected chi connectivity index (χ0v) is 11.6. The van der Waals surface area contributed by atoms with Crippen LogP contribution >= 0.6 is 11.6 Å². The Labute approximate surface area is 124 Å². The molecule has 0 unspecified atom stereocenters. The third kappa shape index (κ3) is 2.83. The van der Waals surface area contributed by atoms with Crippen molar-refractivity contribution in [3.05, 3.63) is 69.4 Å². The van der Waals surface area contributed by atoms with Crippen LogP contribution in [0, 0.1) is 0 Å². The maximum absolute atomic E-state index is 12.1. The molecule has 2 aromatic heterocycles. The van der Waals surface area contributed by atoms with Crippen molar-refractivity contribution in [3.8, 4) is 0 Å². The number of nitrogens with one attached hydrogen (secondary N) is 1. The molecule has 2 heterocycles.